The molecule has 0 aromatic rings. The molecule has 0 aliphatic rings. The summed E-state index contributed by atoms with van der Waals surface area (Å²) >= 11 is 0. The third-order valence-electron chi connectivity index (χ3n) is 1.10. The standard InChI is InChI=1S/C8H12O2/c1-4-5-7(6(2)3)8(9)10/h4-5H,1-3H3,(H,9,10)/b5-4+. The Balaban J connectivity index is 4.61. The van der Waals surface area contributed by atoms with E-state index >= 15 is 0 Å². The lowest BCUT2D eigenvalue weighted by Crippen LogP contribution is -1.98. The summed E-state index contributed by atoms with van der Waals surface area (Å²) in [5.74, 6) is -0.863. The van der Waals surface area contributed by atoms with Gasteiger partial charge in [0.15, 0.2) is 0 Å². The number of carboxylic acid groups (broad SMARTS) is 1. The predicted octanol–water partition coefficient (Wildman–Crippen LogP) is 1.98. The number of allylic oxidation sites excluding steroid dienone is 2. The zero-order chi connectivity index (χ0) is 8.15. The average molecular weight is 140 g/mol. The zero-order valence-corrected chi connectivity index (χ0v) is 6.51. The maximum Gasteiger partial charge on any atom is 0.335 e. The van der Waals surface area contributed by atoms with Crippen molar-refractivity contribution >= 4 is 5.97 Å². The van der Waals surface area contributed by atoms with Gasteiger partial charge < -0.3 is 5.11 Å². The first kappa shape index (κ1) is 8.95. The molecule has 0 radical (unpaired) electrons. The summed E-state index contributed by atoms with van der Waals surface area (Å²) in [5.41, 5.74) is 1.20. The van der Waals surface area contributed by atoms with Crippen LogP contribution in [0, 0.1) is 0 Å². The van der Waals surface area contributed by atoms with Crippen molar-refractivity contribution in [2.75, 3.05) is 0 Å². The first-order valence-electron chi connectivity index (χ1n) is 3.13. The Bertz CT molecular complexity index is 183. The van der Waals surface area contributed by atoms with Crippen LogP contribution in [0.4, 0.5) is 0 Å². The summed E-state index contributed by atoms with van der Waals surface area (Å²) in [7, 11) is 0. The fraction of sp³-hybridized carbons (Fsp3) is 0.375. The maximum atomic E-state index is 10.4. The molecule has 2 heteroatoms. The van der Waals surface area contributed by atoms with Gasteiger partial charge in [-0.15, -0.1) is 0 Å². The summed E-state index contributed by atoms with van der Waals surface area (Å²) in [6.45, 7) is 5.36. The van der Waals surface area contributed by atoms with Gasteiger partial charge in [0.1, 0.15) is 0 Å². The van der Waals surface area contributed by atoms with E-state index in [1.165, 1.54) is 0 Å². The lowest BCUT2D eigenvalue weighted by atomic mass is 10.1. The molecule has 2 nitrogen and oxygen atoms in total. The Labute approximate surface area is 60.9 Å². The van der Waals surface area contributed by atoms with Crippen molar-refractivity contribution < 1.29 is 9.90 Å². The van der Waals surface area contributed by atoms with Gasteiger partial charge in [-0.05, 0) is 20.8 Å². The van der Waals surface area contributed by atoms with Crippen LogP contribution in [0.15, 0.2) is 23.3 Å². The Kier molecular flexibility index (Phi) is 3.47. The van der Waals surface area contributed by atoms with Crippen molar-refractivity contribution in [3.05, 3.63) is 23.3 Å². The van der Waals surface area contributed by atoms with Crippen LogP contribution in [-0.4, -0.2) is 11.1 Å². The largest absolute Gasteiger partial charge is 0.478 e. The molecule has 0 fully saturated rings. The molecule has 0 aliphatic carbocycles. The smallest absolute Gasteiger partial charge is 0.335 e. The van der Waals surface area contributed by atoms with Crippen LogP contribution in [0.3, 0.4) is 0 Å². The van der Waals surface area contributed by atoms with E-state index in [-0.39, 0.29) is 0 Å². The minimum Gasteiger partial charge on any atom is -0.478 e. The third kappa shape index (κ3) is 2.49. The van der Waals surface area contributed by atoms with E-state index in [0.717, 1.165) is 5.57 Å². The molecule has 0 saturated carbocycles. The minimum absolute atomic E-state index is 0.377. The van der Waals surface area contributed by atoms with E-state index in [1.54, 1.807) is 32.9 Å². The van der Waals surface area contributed by atoms with E-state index in [2.05, 4.69) is 0 Å². The molecule has 0 aromatic carbocycles. The van der Waals surface area contributed by atoms with Crippen LogP contribution in [-0.2, 0) is 4.79 Å². The van der Waals surface area contributed by atoms with Crippen molar-refractivity contribution in [1.82, 2.24) is 0 Å². The number of hydrogen-bond acceptors (Lipinski definition) is 1. The average Bonchev–Trinajstić information content (AvgIpc) is 1.81. The second kappa shape index (κ2) is 3.88. The van der Waals surface area contributed by atoms with Gasteiger partial charge in [0.25, 0.3) is 0 Å². The second-order valence-electron chi connectivity index (χ2n) is 2.22. The molecule has 0 unspecified atom stereocenters. The van der Waals surface area contributed by atoms with Gasteiger partial charge in [-0.2, -0.15) is 0 Å². The van der Waals surface area contributed by atoms with Gasteiger partial charge >= 0.3 is 5.97 Å². The van der Waals surface area contributed by atoms with Crippen molar-refractivity contribution in [2.45, 2.75) is 20.8 Å². The Morgan fingerprint density at radius 2 is 1.90 bits per heavy atom. The molecule has 0 spiro atoms. The van der Waals surface area contributed by atoms with Crippen LogP contribution in [0.5, 0.6) is 0 Å². The van der Waals surface area contributed by atoms with Crippen molar-refractivity contribution in [3.63, 3.8) is 0 Å². The van der Waals surface area contributed by atoms with Crippen LogP contribution in [0.25, 0.3) is 0 Å². The molecule has 56 valence electrons. The van der Waals surface area contributed by atoms with Gasteiger partial charge in [-0.1, -0.05) is 17.7 Å². The van der Waals surface area contributed by atoms with E-state index in [1.807, 2.05) is 0 Å². The molecule has 0 aliphatic heterocycles. The molecule has 10 heavy (non-hydrogen) atoms. The fourth-order valence-corrected chi connectivity index (χ4v) is 0.618. The summed E-state index contributed by atoms with van der Waals surface area (Å²) < 4.78 is 0. The topological polar surface area (TPSA) is 37.3 Å². The van der Waals surface area contributed by atoms with E-state index < -0.39 is 5.97 Å². The predicted molar refractivity (Wildman–Crippen MR) is 40.8 cm³/mol. The molecular weight excluding hydrogens is 128 g/mol. The molecule has 0 atom stereocenters. The second-order valence-corrected chi connectivity index (χ2v) is 2.22. The summed E-state index contributed by atoms with van der Waals surface area (Å²) in [5, 5.41) is 8.57. The molecule has 0 amide bonds. The minimum atomic E-state index is -0.863. The number of carboxylic acids is 1. The van der Waals surface area contributed by atoms with Gasteiger partial charge in [0.05, 0.1) is 5.57 Å². The first-order valence-corrected chi connectivity index (χ1v) is 3.13. The van der Waals surface area contributed by atoms with E-state index in [9.17, 15) is 4.79 Å². The summed E-state index contributed by atoms with van der Waals surface area (Å²) in [6.07, 6.45) is 3.31. The van der Waals surface area contributed by atoms with Crippen LogP contribution in [0.2, 0.25) is 0 Å². The van der Waals surface area contributed by atoms with Crippen LogP contribution < -0.4 is 0 Å². The molecule has 0 bridgehead atoms. The summed E-state index contributed by atoms with van der Waals surface area (Å²) in [6, 6.07) is 0. The monoisotopic (exact) mass is 140 g/mol. The van der Waals surface area contributed by atoms with Crippen LogP contribution >= 0.6 is 0 Å². The van der Waals surface area contributed by atoms with E-state index in [4.69, 9.17) is 5.11 Å². The van der Waals surface area contributed by atoms with Gasteiger partial charge in [0.2, 0.25) is 0 Å². The number of hydrogen-bond donors (Lipinski definition) is 1. The fourth-order valence-electron chi connectivity index (χ4n) is 0.618. The van der Waals surface area contributed by atoms with Gasteiger partial charge in [-0.3, -0.25) is 0 Å². The Morgan fingerprint density at radius 1 is 1.40 bits per heavy atom. The number of rotatable bonds is 2. The SMILES string of the molecule is C/C=C/C(C(=O)O)=C(C)C. The van der Waals surface area contributed by atoms with Crippen molar-refractivity contribution in [1.29, 1.82) is 0 Å². The molecule has 1 N–H and O–H groups in total. The highest BCUT2D eigenvalue weighted by Crippen LogP contribution is 2.04. The van der Waals surface area contributed by atoms with E-state index in [0.29, 0.717) is 5.57 Å². The maximum absolute atomic E-state index is 10.4. The third-order valence-corrected chi connectivity index (χ3v) is 1.10. The highest BCUT2D eigenvalue weighted by Gasteiger charge is 2.02. The Morgan fingerprint density at radius 3 is 2.00 bits per heavy atom. The number of carbonyl (C=O) groups is 1. The lowest BCUT2D eigenvalue weighted by molar-refractivity contribution is -0.132. The van der Waals surface area contributed by atoms with Crippen LogP contribution in [0.1, 0.15) is 20.8 Å². The van der Waals surface area contributed by atoms with Gasteiger partial charge in [-0.25, -0.2) is 4.79 Å². The quantitative estimate of drug-likeness (QED) is 0.470. The first-order chi connectivity index (χ1) is 4.59. The highest BCUT2D eigenvalue weighted by atomic mass is 16.4. The van der Waals surface area contributed by atoms with Gasteiger partial charge in [0, 0.05) is 0 Å². The lowest BCUT2D eigenvalue weighted by Gasteiger charge is -1.95. The highest BCUT2D eigenvalue weighted by molar-refractivity contribution is 5.90. The summed E-state index contributed by atoms with van der Waals surface area (Å²) in [4.78, 5) is 10.4. The molecule has 0 heterocycles. The normalized spacial score (nSPS) is 9.90. The van der Waals surface area contributed by atoms with Crippen molar-refractivity contribution in [3.8, 4) is 0 Å². The molecule has 0 saturated heterocycles. The zero-order valence-electron chi connectivity index (χ0n) is 6.51. The molecular formula is C8H12O2. The van der Waals surface area contributed by atoms with Crippen molar-refractivity contribution in [2.24, 2.45) is 0 Å². The Hall–Kier alpha value is -1.05. The molecule has 0 rings (SSSR count). The molecule has 0 aromatic heterocycles. The number of aliphatic carboxylic acids is 1.